The Labute approximate surface area is 137 Å². The van der Waals surface area contributed by atoms with Crippen LogP contribution in [0.25, 0.3) is 0 Å². The molecule has 2 rings (SSSR count). The Hall–Kier alpha value is -2.64. The summed E-state index contributed by atoms with van der Waals surface area (Å²) in [5.74, 6) is -15.0. The van der Waals surface area contributed by atoms with E-state index in [1.807, 2.05) is 0 Å². The second-order valence-electron chi connectivity index (χ2n) is 6.32. The van der Waals surface area contributed by atoms with Gasteiger partial charge in [0, 0.05) is 11.8 Å². The molecule has 8 heteroatoms. The number of carboxylic acids is 4. The van der Waals surface area contributed by atoms with Crippen LogP contribution in [0.4, 0.5) is 0 Å². The summed E-state index contributed by atoms with van der Waals surface area (Å²) in [6.07, 6.45) is 0.750. The van der Waals surface area contributed by atoms with Crippen LogP contribution in [0.2, 0.25) is 0 Å². The molecule has 2 aliphatic carbocycles. The quantitative estimate of drug-likeness (QED) is 0.553. The molecule has 2 aliphatic rings. The molecule has 4 N–H and O–H groups in total. The van der Waals surface area contributed by atoms with Gasteiger partial charge in [0.25, 0.3) is 0 Å². The average molecular weight is 338 g/mol. The lowest BCUT2D eigenvalue weighted by Gasteiger charge is -2.49. The minimum absolute atomic E-state index is 0.375. The van der Waals surface area contributed by atoms with Crippen LogP contribution in [0.1, 0.15) is 12.8 Å². The van der Waals surface area contributed by atoms with Crippen molar-refractivity contribution in [2.75, 3.05) is 0 Å². The molecular weight excluding hydrogens is 320 g/mol. The van der Waals surface area contributed by atoms with E-state index >= 15 is 0 Å². The van der Waals surface area contributed by atoms with Gasteiger partial charge >= 0.3 is 23.9 Å². The molecule has 0 saturated heterocycles. The summed E-state index contributed by atoms with van der Waals surface area (Å²) in [5, 5.41) is 38.0. The molecule has 2 fully saturated rings. The van der Waals surface area contributed by atoms with Gasteiger partial charge < -0.3 is 20.4 Å². The first-order chi connectivity index (χ1) is 11.1. The third-order valence-corrected chi connectivity index (χ3v) is 5.17. The molecule has 0 aromatic carbocycles. The topological polar surface area (TPSA) is 149 Å². The van der Waals surface area contributed by atoms with Gasteiger partial charge in [0.1, 0.15) is 0 Å². The van der Waals surface area contributed by atoms with E-state index in [9.17, 15) is 39.6 Å². The van der Waals surface area contributed by atoms with Crippen molar-refractivity contribution in [1.82, 2.24) is 0 Å². The molecule has 0 aromatic heterocycles. The average Bonchev–Trinajstić information content (AvgIpc) is 2.47. The largest absolute Gasteiger partial charge is 0.481 e. The second kappa shape index (κ2) is 6.10. The van der Waals surface area contributed by atoms with Crippen molar-refractivity contribution in [3.63, 3.8) is 0 Å². The van der Waals surface area contributed by atoms with Crippen LogP contribution in [0.5, 0.6) is 0 Å². The smallest absolute Gasteiger partial charge is 0.308 e. The molecule has 2 saturated carbocycles. The van der Waals surface area contributed by atoms with Crippen LogP contribution in [-0.2, 0) is 19.2 Å². The monoisotopic (exact) mass is 338 g/mol. The van der Waals surface area contributed by atoms with Crippen LogP contribution in [0.3, 0.4) is 0 Å². The normalized spacial score (nSPS) is 35.8. The summed E-state index contributed by atoms with van der Waals surface area (Å²) in [6, 6.07) is 0. The van der Waals surface area contributed by atoms with Gasteiger partial charge in [-0.1, -0.05) is 24.3 Å². The Morgan fingerprint density at radius 3 is 1.08 bits per heavy atom. The summed E-state index contributed by atoms with van der Waals surface area (Å²) in [6.45, 7) is 7.57. The summed E-state index contributed by atoms with van der Waals surface area (Å²) in [5.41, 5.74) is 0.863. The Bertz CT molecular complexity index is 539. The minimum Gasteiger partial charge on any atom is -0.481 e. The molecule has 0 amide bonds. The van der Waals surface area contributed by atoms with E-state index in [0.717, 1.165) is 0 Å². The van der Waals surface area contributed by atoms with Crippen LogP contribution >= 0.6 is 0 Å². The van der Waals surface area contributed by atoms with Crippen molar-refractivity contribution in [1.29, 1.82) is 0 Å². The van der Waals surface area contributed by atoms with E-state index in [1.165, 1.54) is 0 Å². The Kier molecular flexibility index (Phi) is 4.50. The lowest BCUT2D eigenvalue weighted by atomic mass is 9.51. The van der Waals surface area contributed by atoms with E-state index in [2.05, 4.69) is 13.2 Å². The highest BCUT2D eigenvalue weighted by Gasteiger charge is 2.62. The zero-order valence-electron chi connectivity index (χ0n) is 12.7. The first kappa shape index (κ1) is 17.7. The molecule has 0 aliphatic heterocycles. The lowest BCUT2D eigenvalue weighted by Crippen LogP contribution is -2.57. The fraction of sp³-hybridized carbons (Fsp3) is 0.500. The third kappa shape index (κ3) is 2.57. The van der Waals surface area contributed by atoms with E-state index in [0.29, 0.717) is 24.0 Å². The van der Waals surface area contributed by atoms with Gasteiger partial charge in [0.2, 0.25) is 0 Å². The number of carboxylic acid groups (broad SMARTS) is 4. The van der Waals surface area contributed by atoms with Crippen LogP contribution in [0, 0.1) is 35.5 Å². The van der Waals surface area contributed by atoms with E-state index in [4.69, 9.17) is 0 Å². The maximum Gasteiger partial charge on any atom is 0.308 e. The van der Waals surface area contributed by atoms with Crippen molar-refractivity contribution < 1.29 is 39.6 Å². The predicted molar refractivity (Wildman–Crippen MR) is 79.0 cm³/mol. The fourth-order valence-corrected chi connectivity index (χ4v) is 4.24. The first-order valence-corrected chi connectivity index (χ1v) is 7.36. The molecule has 0 spiro atoms. The number of allylic oxidation sites excluding steroid dienone is 2. The van der Waals surface area contributed by atoms with Gasteiger partial charge in [0.05, 0.1) is 23.7 Å². The molecule has 0 aromatic rings. The SMILES string of the molecule is C=C1CCC(=C)C2C1C(C(=O)O)C(C(=O)O)C(C(=O)O)C2C(=O)O. The number of fused-ring (bicyclic) bond motifs is 1. The molecular formula is C16H18O8. The zero-order chi connectivity index (χ0) is 18.3. The highest BCUT2D eigenvalue weighted by Crippen LogP contribution is 2.55. The third-order valence-electron chi connectivity index (χ3n) is 5.17. The highest BCUT2D eigenvalue weighted by molar-refractivity contribution is 5.90. The first-order valence-electron chi connectivity index (χ1n) is 7.36. The number of carbonyl (C=O) groups is 4. The summed E-state index contributed by atoms with van der Waals surface area (Å²) in [7, 11) is 0. The van der Waals surface area contributed by atoms with Crippen molar-refractivity contribution >= 4 is 23.9 Å². The molecule has 0 radical (unpaired) electrons. The maximum absolute atomic E-state index is 11.7. The summed E-state index contributed by atoms with van der Waals surface area (Å²) < 4.78 is 0. The van der Waals surface area contributed by atoms with Crippen molar-refractivity contribution in [2.45, 2.75) is 12.8 Å². The van der Waals surface area contributed by atoms with Gasteiger partial charge in [-0.05, 0) is 12.8 Å². The second-order valence-corrected chi connectivity index (χ2v) is 6.32. The van der Waals surface area contributed by atoms with Gasteiger partial charge in [-0.2, -0.15) is 0 Å². The maximum atomic E-state index is 11.7. The van der Waals surface area contributed by atoms with Gasteiger partial charge in [0.15, 0.2) is 0 Å². The fourth-order valence-electron chi connectivity index (χ4n) is 4.24. The number of aliphatic carboxylic acids is 4. The van der Waals surface area contributed by atoms with Crippen LogP contribution in [-0.4, -0.2) is 44.3 Å². The molecule has 0 bridgehead atoms. The standard InChI is InChI=1S/C16H18O8/c1-5-3-4-6(2)8-7(5)9(13(17)18)11(15(21)22)12(16(23)24)10(8)14(19)20/h7-12H,1-4H2,(H,17,18)(H,19,20)(H,21,22)(H,23,24). The van der Waals surface area contributed by atoms with Crippen molar-refractivity contribution in [2.24, 2.45) is 35.5 Å². The van der Waals surface area contributed by atoms with Crippen molar-refractivity contribution in [3.05, 3.63) is 24.3 Å². The molecule has 8 nitrogen and oxygen atoms in total. The minimum atomic E-state index is -1.86. The highest BCUT2D eigenvalue weighted by atomic mass is 16.4. The van der Waals surface area contributed by atoms with Gasteiger partial charge in [-0.15, -0.1) is 0 Å². The number of hydrogen-bond acceptors (Lipinski definition) is 4. The van der Waals surface area contributed by atoms with Gasteiger partial charge in [-0.3, -0.25) is 19.2 Å². The molecule has 0 heterocycles. The van der Waals surface area contributed by atoms with Gasteiger partial charge in [-0.25, -0.2) is 0 Å². The molecule has 130 valence electrons. The predicted octanol–water partition coefficient (Wildman–Crippen LogP) is 0.942. The van der Waals surface area contributed by atoms with E-state index in [-0.39, 0.29) is 0 Å². The van der Waals surface area contributed by atoms with E-state index in [1.54, 1.807) is 0 Å². The molecule has 6 unspecified atom stereocenters. The zero-order valence-corrected chi connectivity index (χ0v) is 12.7. The Morgan fingerprint density at radius 2 is 0.875 bits per heavy atom. The number of hydrogen-bond donors (Lipinski definition) is 4. The Morgan fingerprint density at radius 1 is 0.625 bits per heavy atom. The van der Waals surface area contributed by atoms with E-state index < -0.39 is 59.4 Å². The number of rotatable bonds is 4. The summed E-state index contributed by atoms with van der Waals surface area (Å²) >= 11 is 0. The van der Waals surface area contributed by atoms with Crippen molar-refractivity contribution in [3.8, 4) is 0 Å². The Balaban J connectivity index is 2.73. The summed E-state index contributed by atoms with van der Waals surface area (Å²) in [4.78, 5) is 46.8. The molecule has 24 heavy (non-hydrogen) atoms. The molecule has 6 atom stereocenters. The lowest BCUT2D eigenvalue weighted by molar-refractivity contribution is -0.179. The van der Waals surface area contributed by atoms with Crippen LogP contribution in [0.15, 0.2) is 24.3 Å². The van der Waals surface area contributed by atoms with Crippen LogP contribution < -0.4 is 0 Å².